The van der Waals surface area contributed by atoms with E-state index < -0.39 is 0 Å². The van der Waals surface area contributed by atoms with E-state index in [1.807, 2.05) is 38.2 Å². The fourth-order valence-electron chi connectivity index (χ4n) is 2.13. The van der Waals surface area contributed by atoms with E-state index in [9.17, 15) is 4.79 Å². The first kappa shape index (κ1) is 12.9. The third-order valence-corrected chi connectivity index (χ3v) is 3.33. The maximum absolute atomic E-state index is 12.0. The molecule has 1 N–H and O–H groups in total. The molecule has 0 radical (unpaired) electrons. The predicted octanol–water partition coefficient (Wildman–Crippen LogP) is 1.19. The molecule has 4 heteroatoms. The molecule has 0 bridgehead atoms. The SMILES string of the molecule is Cc1cccc(OCC(=O)N(C)C2CCNC2)c1. The molecule has 1 fully saturated rings. The molecule has 1 aliphatic rings. The number of rotatable bonds is 4. The Hall–Kier alpha value is -1.55. The van der Waals surface area contributed by atoms with Gasteiger partial charge in [-0.2, -0.15) is 0 Å². The Morgan fingerprint density at radius 3 is 3.06 bits per heavy atom. The number of carbonyl (C=O) groups excluding carboxylic acids is 1. The lowest BCUT2D eigenvalue weighted by atomic mass is 10.2. The smallest absolute Gasteiger partial charge is 0.260 e. The molecule has 1 atom stereocenters. The van der Waals surface area contributed by atoms with Crippen LogP contribution in [-0.2, 0) is 4.79 Å². The lowest BCUT2D eigenvalue weighted by Gasteiger charge is -2.23. The Labute approximate surface area is 108 Å². The van der Waals surface area contributed by atoms with E-state index in [1.54, 1.807) is 4.90 Å². The molecular weight excluding hydrogens is 228 g/mol. The molecule has 0 spiro atoms. The molecule has 98 valence electrons. The highest BCUT2D eigenvalue weighted by Gasteiger charge is 2.23. The van der Waals surface area contributed by atoms with Crippen LogP contribution >= 0.6 is 0 Å². The zero-order valence-corrected chi connectivity index (χ0v) is 11.0. The standard InChI is InChI=1S/C14H20N2O2/c1-11-4-3-5-13(8-11)18-10-14(17)16(2)12-6-7-15-9-12/h3-5,8,12,15H,6-7,9-10H2,1-2H3. The van der Waals surface area contributed by atoms with Gasteiger partial charge in [-0.05, 0) is 37.6 Å². The minimum Gasteiger partial charge on any atom is -0.484 e. The van der Waals surface area contributed by atoms with Crippen LogP contribution in [0.5, 0.6) is 5.75 Å². The molecule has 1 aromatic rings. The molecule has 2 rings (SSSR count). The number of likely N-dealkylation sites (N-methyl/N-ethyl adjacent to an activating group) is 1. The maximum atomic E-state index is 12.0. The van der Waals surface area contributed by atoms with Crippen molar-refractivity contribution in [2.75, 3.05) is 26.7 Å². The van der Waals surface area contributed by atoms with E-state index in [1.165, 1.54) is 0 Å². The number of aryl methyl sites for hydroxylation is 1. The van der Waals surface area contributed by atoms with E-state index in [4.69, 9.17) is 4.74 Å². The second-order valence-electron chi connectivity index (χ2n) is 4.76. The number of nitrogens with zero attached hydrogens (tertiary/aromatic N) is 1. The summed E-state index contributed by atoms with van der Waals surface area (Å²) in [6.07, 6.45) is 1.02. The van der Waals surface area contributed by atoms with Gasteiger partial charge >= 0.3 is 0 Å². The highest BCUT2D eigenvalue weighted by atomic mass is 16.5. The molecule has 1 unspecified atom stereocenters. The summed E-state index contributed by atoms with van der Waals surface area (Å²) in [5, 5.41) is 3.25. The summed E-state index contributed by atoms with van der Waals surface area (Å²) in [5.41, 5.74) is 1.13. The lowest BCUT2D eigenvalue weighted by molar-refractivity contribution is -0.133. The minimum absolute atomic E-state index is 0.0326. The van der Waals surface area contributed by atoms with Crippen LogP contribution in [0.15, 0.2) is 24.3 Å². The molecule has 4 nitrogen and oxygen atoms in total. The third-order valence-electron chi connectivity index (χ3n) is 3.33. The van der Waals surface area contributed by atoms with E-state index in [-0.39, 0.29) is 12.5 Å². The Kier molecular flexibility index (Phi) is 4.20. The van der Waals surface area contributed by atoms with Crippen LogP contribution in [0.2, 0.25) is 0 Å². The number of hydrogen-bond acceptors (Lipinski definition) is 3. The Bertz CT molecular complexity index is 414. The first-order chi connectivity index (χ1) is 8.66. The van der Waals surface area contributed by atoms with Crippen molar-refractivity contribution in [3.05, 3.63) is 29.8 Å². The number of carbonyl (C=O) groups is 1. The number of nitrogens with one attached hydrogen (secondary N) is 1. The van der Waals surface area contributed by atoms with Gasteiger partial charge in [-0.3, -0.25) is 4.79 Å². The van der Waals surface area contributed by atoms with Gasteiger partial charge in [-0.15, -0.1) is 0 Å². The van der Waals surface area contributed by atoms with Gasteiger partial charge < -0.3 is 15.0 Å². The van der Waals surface area contributed by atoms with E-state index in [0.717, 1.165) is 30.8 Å². The average Bonchev–Trinajstić information content (AvgIpc) is 2.89. The van der Waals surface area contributed by atoms with Crippen LogP contribution in [-0.4, -0.2) is 43.6 Å². The molecule has 1 heterocycles. The van der Waals surface area contributed by atoms with Gasteiger partial charge in [0.05, 0.1) is 0 Å². The zero-order chi connectivity index (χ0) is 13.0. The molecule has 0 aromatic heterocycles. The topological polar surface area (TPSA) is 41.6 Å². The fourth-order valence-corrected chi connectivity index (χ4v) is 2.13. The number of amides is 1. The fraction of sp³-hybridized carbons (Fsp3) is 0.500. The van der Waals surface area contributed by atoms with Gasteiger partial charge in [0, 0.05) is 19.6 Å². The minimum atomic E-state index is 0.0326. The highest BCUT2D eigenvalue weighted by Crippen LogP contribution is 2.13. The largest absolute Gasteiger partial charge is 0.484 e. The number of ether oxygens (including phenoxy) is 1. The molecule has 1 amide bonds. The quantitative estimate of drug-likeness (QED) is 0.870. The summed E-state index contributed by atoms with van der Waals surface area (Å²) in [5.74, 6) is 0.784. The monoisotopic (exact) mass is 248 g/mol. The van der Waals surface area contributed by atoms with Crippen LogP contribution in [0.25, 0.3) is 0 Å². The van der Waals surface area contributed by atoms with Crippen LogP contribution in [0.1, 0.15) is 12.0 Å². The van der Waals surface area contributed by atoms with Gasteiger partial charge in [-0.25, -0.2) is 0 Å². The lowest BCUT2D eigenvalue weighted by Crippen LogP contribution is -2.40. The first-order valence-corrected chi connectivity index (χ1v) is 6.32. The van der Waals surface area contributed by atoms with Gasteiger partial charge in [0.15, 0.2) is 6.61 Å². The Morgan fingerprint density at radius 2 is 2.39 bits per heavy atom. The second kappa shape index (κ2) is 5.87. The van der Waals surface area contributed by atoms with Crippen LogP contribution in [0, 0.1) is 6.92 Å². The molecule has 0 saturated carbocycles. The maximum Gasteiger partial charge on any atom is 0.260 e. The van der Waals surface area contributed by atoms with Crippen molar-refractivity contribution >= 4 is 5.91 Å². The van der Waals surface area contributed by atoms with Crippen molar-refractivity contribution in [1.29, 1.82) is 0 Å². The van der Waals surface area contributed by atoms with Crippen LogP contribution in [0.3, 0.4) is 0 Å². The third kappa shape index (κ3) is 3.23. The van der Waals surface area contributed by atoms with Gasteiger partial charge in [0.1, 0.15) is 5.75 Å². The molecule has 1 aromatic carbocycles. The molecule has 1 aliphatic heterocycles. The van der Waals surface area contributed by atoms with E-state index in [2.05, 4.69) is 5.32 Å². The van der Waals surface area contributed by atoms with Gasteiger partial charge in [-0.1, -0.05) is 12.1 Å². The van der Waals surface area contributed by atoms with Crippen LogP contribution in [0.4, 0.5) is 0 Å². The number of benzene rings is 1. The van der Waals surface area contributed by atoms with Crippen molar-refractivity contribution in [1.82, 2.24) is 10.2 Å². The van der Waals surface area contributed by atoms with Crippen molar-refractivity contribution in [2.45, 2.75) is 19.4 Å². The molecule has 0 aliphatic carbocycles. The summed E-state index contributed by atoms with van der Waals surface area (Å²) < 4.78 is 5.52. The predicted molar refractivity (Wildman–Crippen MR) is 70.7 cm³/mol. The molecule has 1 saturated heterocycles. The van der Waals surface area contributed by atoms with Gasteiger partial charge in [0.25, 0.3) is 5.91 Å². The highest BCUT2D eigenvalue weighted by molar-refractivity contribution is 5.77. The van der Waals surface area contributed by atoms with E-state index in [0.29, 0.717) is 6.04 Å². The van der Waals surface area contributed by atoms with Crippen molar-refractivity contribution in [2.24, 2.45) is 0 Å². The normalized spacial score (nSPS) is 18.7. The Balaban J connectivity index is 1.84. The van der Waals surface area contributed by atoms with Crippen molar-refractivity contribution in [3.63, 3.8) is 0 Å². The van der Waals surface area contributed by atoms with Gasteiger partial charge in [0.2, 0.25) is 0 Å². The Morgan fingerprint density at radius 1 is 1.56 bits per heavy atom. The van der Waals surface area contributed by atoms with Crippen molar-refractivity contribution in [3.8, 4) is 5.75 Å². The summed E-state index contributed by atoms with van der Waals surface area (Å²) in [6.45, 7) is 3.98. The first-order valence-electron chi connectivity index (χ1n) is 6.32. The second-order valence-corrected chi connectivity index (χ2v) is 4.76. The zero-order valence-electron chi connectivity index (χ0n) is 11.0. The summed E-state index contributed by atoms with van der Waals surface area (Å²) in [4.78, 5) is 13.7. The van der Waals surface area contributed by atoms with Crippen LogP contribution < -0.4 is 10.1 Å². The molecule has 18 heavy (non-hydrogen) atoms. The summed E-state index contributed by atoms with van der Waals surface area (Å²) >= 11 is 0. The summed E-state index contributed by atoms with van der Waals surface area (Å²) in [7, 11) is 1.85. The van der Waals surface area contributed by atoms with E-state index >= 15 is 0 Å². The molecular formula is C14H20N2O2. The number of hydrogen-bond donors (Lipinski definition) is 1. The average molecular weight is 248 g/mol. The van der Waals surface area contributed by atoms with Crippen molar-refractivity contribution < 1.29 is 9.53 Å². The summed E-state index contributed by atoms with van der Waals surface area (Å²) in [6, 6.07) is 8.05.